The van der Waals surface area contributed by atoms with E-state index in [-0.39, 0.29) is 11.3 Å². The number of esters is 1. The Morgan fingerprint density at radius 1 is 1.12 bits per heavy atom. The highest BCUT2D eigenvalue weighted by atomic mass is 16.6. The lowest BCUT2D eigenvalue weighted by Crippen LogP contribution is -2.14. The number of para-hydroxylation sites is 1. The van der Waals surface area contributed by atoms with Crippen LogP contribution < -0.4 is 5.32 Å². The normalized spacial score (nSPS) is 10.0. The minimum Gasteiger partial charge on any atom is -0.462 e. The van der Waals surface area contributed by atoms with Crippen molar-refractivity contribution in [2.45, 2.75) is 13.3 Å². The lowest BCUT2D eigenvalue weighted by atomic mass is 10.1. The number of carbonyl (C=O) groups is 2. The molecule has 0 heterocycles. The number of rotatable bonds is 6. The molecule has 7 heteroatoms. The Kier molecular flexibility index (Phi) is 5.62. The van der Waals surface area contributed by atoms with Crippen LogP contribution in [0.5, 0.6) is 0 Å². The van der Waals surface area contributed by atoms with Crippen molar-refractivity contribution in [2.24, 2.45) is 0 Å². The zero-order chi connectivity index (χ0) is 17.5. The molecule has 7 nitrogen and oxygen atoms in total. The maximum absolute atomic E-state index is 12.2. The van der Waals surface area contributed by atoms with Crippen molar-refractivity contribution in [3.05, 3.63) is 69.8 Å². The van der Waals surface area contributed by atoms with Crippen LogP contribution in [0.2, 0.25) is 0 Å². The minimum atomic E-state index is -0.609. The Balaban J connectivity index is 2.10. The molecule has 2 aromatic rings. The first kappa shape index (κ1) is 17.1. The molecule has 0 atom stereocenters. The molecule has 1 amide bonds. The molecular weight excluding hydrogens is 312 g/mol. The number of benzene rings is 2. The van der Waals surface area contributed by atoms with E-state index in [0.29, 0.717) is 17.9 Å². The third-order valence-corrected chi connectivity index (χ3v) is 3.16. The molecule has 2 rings (SSSR count). The number of nitrogens with one attached hydrogen (secondary N) is 1. The number of amides is 1. The van der Waals surface area contributed by atoms with Gasteiger partial charge in [0.2, 0.25) is 0 Å². The lowest BCUT2D eigenvalue weighted by Gasteiger charge is -2.07. The van der Waals surface area contributed by atoms with Crippen molar-refractivity contribution in [1.29, 1.82) is 0 Å². The minimum absolute atomic E-state index is 0.0334. The fourth-order valence-electron chi connectivity index (χ4n) is 1.99. The topological polar surface area (TPSA) is 98.5 Å². The molecule has 124 valence electrons. The lowest BCUT2D eigenvalue weighted by molar-refractivity contribution is -0.385. The summed E-state index contributed by atoms with van der Waals surface area (Å²) in [5, 5.41) is 13.5. The van der Waals surface area contributed by atoms with Gasteiger partial charge in [0.1, 0.15) is 5.56 Å². The highest BCUT2D eigenvalue weighted by Crippen LogP contribution is 2.19. The molecular formula is C17H16N2O5. The second-order valence-electron chi connectivity index (χ2n) is 4.94. The Labute approximate surface area is 138 Å². The van der Waals surface area contributed by atoms with Crippen molar-refractivity contribution in [1.82, 2.24) is 0 Å². The van der Waals surface area contributed by atoms with Crippen molar-refractivity contribution >= 4 is 23.3 Å². The van der Waals surface area contributed by atoms with Gasteiger partial charge in [0.05, 0.1) is 17.1 Å². The van der Waals surface area contributed by atoms with E-state index in [0.717, 1.165) is 6.42 Å². The smallest absolute Gasteiger partial charge is 0.338 e. The second kappa shape index (κ2) is 7.87. The van der Waals surface area contributed by atoms with Crippen molar-refractivity contribution in [2.75, 3.05) is 11.9 Å². The molecule has 2 aromatic carbocycles. The van der Waals surface area contributed by atoms with Crippen LogP contribution in [-0.2, 0) is 4.74 Å². The molecule has 0 fully saturated rings. The van der Waals surface area contributed by atoms with E-state index in [2.05, 4.69) is 5.32 Å². The van der Waals surface area contributed by atoms with Crippen LogP contribution >= 0.6 is 0 Å². The van der Waals surface area contributed by atoms with Gasteiger partial charge < -0.3 is 10.1 Å². The summed E-state index contributed by atoms with van der Waals surface area (Å²) in [4.78, 5) is 34.2. The SMILES string of the molecule is CCCOC(=O)c1ccc(NC(=O)c2ccccc2[N+](=O)[O-])cc1. The Morgan fingerprint density at radius 3 is 2.42 bits per heavy atom. The summed E-state index contributed by atoms with van der Waals surface area (Å²) in [6, 6.07) is 11.8. The second-order valence-corrected chi connectivity index (χ2v) is 4.94. The van der Waals surface area contributed by atoms with Crippen LogP contribution in [0.25, 0.3) is 0 Å². The summed E-state index contributed by atoms with van der Waals surface area (Å²) < 4.78 is 5.01. The summed E-state index contributed by atoms with van der Waals surface area (Å²) in [7, 11) is 0. The van der Waals surface area contributed by atoms with Gasteiger partial charge in [-0.1, -0.05) is 19.1 Å². The van der Waals surface area contributed by atoms with E-state index in [1.165, 1.54) is 42.5 Å². The van der Waals surface area contributed by atoms with Crippen LogP contribution in [0.4, 0.5) is 11.4 Å². The molecule has 1 N–H and O–H groups in total. The number of hydrogen-bond acceptors (Lipinski definition) is 5. The standard InChI is InChI=1S/C17H16N2O5/c1-2-11-24-17(21)12-7-9-13(10-8-12)18-16(20)14-5-3-4-6-15(14)19(22)23/h3-10H,2,11H2,1H3,(H,18,20). The summed E-state index contributed by atoms with van der Waals surface area (Å²) >= 11 is 0. The number of nitro groups is 1. The molecule has 0 spiro atoms. The van der Waals surface area contributed by atoms with Gasteiger partial charge in [-0.05, 0) is 36.8 Å². The van der Waals surface area contributed by atoms with Gasteiger partial charge in [0, 0.05) is 11.8 Å². The average Bonchev–Trinajstić information content (AvgIpc) is 2.60. The Bertz CT molecular complexity index is 756. The monoisotopic (exact) mass is 328 g/mol. The first-order chi connectivity index (χ1) is 11.5. The van der Waals surface area contributed by atoms with Crippen LogP contribution in [0.3, 0.4) is 0 Å². The van der Waals surface area contributed by atoms with Crippen molar-refractivity contribution in [3.63, 3.8) is 0 Å². The maximum atomic E-state index is 12.2. The van der Waals surface area contributed by atoms with Gasteiger partial charge >= 0.3 is 5.97 Å². The van der Waals surface area contributed by atoms with E-state index < -0.39 is 16.8 Å². The third kappa shape index (κ3) is 4.16. The van der Waals surface area contributed by atoms with Gasteiger partial charge in [-0.15, -0.1) is 0 Å². The zero-order valence-electron chi connectivity index (χ0n) is 13.0. The predicted molar refractivity (Wildman–Crippen MR) is 88.1 cm³/mol. The number of carbonyl (C=O) groups excluding carboxylic acids is 2. The zero-order valence-corrected chi connectivity index (χ0v) is 13.0. The summed E-state index contributed by atoms with van der Waals surface area (Å²) in [6.45, 7) is 2.24. The van der Waals surface area contributed by atoms with Gasteiger partial charge in [-0.25, -0.2) is 4.79 Å². The van der Waals surface area contributed by atoms with E-state index >= 15 is 0 Å². The van der Waals surface area contributed by atoms with E-state index in [1.54, 1.807) is 6.07 Å². The number of anilines is 1. The Hall–Kier alpha value is -3.22. The molecule has 24 heavy (non-hydrogen) atoms. The number of nitro benzene ring substituents is 1. The van der Waals surface area contributed by atoms with Crippen LogP contribution in [0, 0.1) is 10.1 Å². The number of hydrogen-bond donors (Lipinski definition) is 1. The predicted octanol–water partition coefficient (Wildman–Crippen LogP) is 3.41. The van der Waals surface area contributed by atoms with Crippen LogP contribution in [-0.4, -0.2) is 23.4 Å². The van der Waals surface area contributed by atoms with Gasteiger partial charge in [-0.2, -0.15) is 0 Å². The van der Waals surface area contributed by atoms with E-state index in [4.69, 9.17) is 4.74 Å². The Morgan fingerprint density at radius 2 is 1.79 bits per heavy atom. The van der Waals surface area contributed by atoms with Crippen molar-refractivity contribution in [3.8, 4) is 0 Å². The van der Waals surface area contributed by atoms with Gasteiger partial charge in [0.25, 0.3) is 11.6 Å². The fourth-order valence-corrected chi connectivity index (χ4v) is 1.99. The molecule has 0 radical (unpaired) electrons. The molecule has 0 aliphatic heterocycles. The third-order valence-electron chi connectivity index (χ3n) is 3.16. The highest BCUT2D eigenvalue weighted by Gasteiger charge is 2.19. The van der Waals surface area contributed by atoms with Gasteiger partial charge in [0.15, 0.2) is 0 Å². The molecule has 0 aliphatic carbocycles. The van der Waals surface area contributed by atoms with E-state index in [1.807, 2.05) is 6.92 Å². The highest BCUT2D eigenvalue weighted by molar-refractivity contribution is 6.07. The average molecular weight is 328 g/mol. The molecule has 0 bridgehead atoms. The van der Waals surface area contributed by atoms with Crippen LogP contribution in [0.1, 0.15) is 34.1 Å². The van der Waals surface area contributed by atoms with Crippen LogP contribution in [0.15, 0.2) is 48.5 Å². The van der Waals surface area contributed by atoms with Gasteiger partial charge in [-0.3, -0.25) is 14.9 Å². The molecule has 0 saturated carbocycles. The first-order valence-electron chi connectivity index (χ1n) is 7.35. The number of ether oxygens (including phenoxy) is 1. The molecule has 0 aromatic heterocycles. The first-order valence-corrected chi connectivity index (χ1v) is 7.35. The summed E-state index contributed by atoms with van der Waals surface area (Å²) in [5.41, 5.74) is 0.487. The largest absolute Gasteiger partial charge is 0.462 e. The summed E-state index contributed by atoms with van der Waals surface area (Å²) in [6.07, 6.45) is 0.732. The van der Waals surface area contributed by atoms with E-state index in [9.17, 15) is 19.7 Å². The molecule has 0 aliphatic rings. The molecule has 0 unspecified atom stereocenters. The fraction of sp³-hybridized carbons (Fsp3) is 0.176. The molecule has 0 saturated heterocycles. The quantitative estimate of drug-likeness (QED) is 0.498. The summed E-state index contributed by atoms with van der Waals surface area (Å²) in [5.74, 6) is -1.03. The van der Waals surface area contributed by atoms with Crippen molar-refractivity contribution < 1.29 is 19.2 Å². The number of nitrogens with zero attached hydrogens (tertiary/aromatic N) is 1. The maximum Gasteiger partial charge on any atom is 0.338 e.